The van der Waals surface area contributed by atoms with E-state index in [0.29, 0.717) is 11.4 Å². The van der Waals surface area contributed by atoms with E-state index in [1.165, 1.54) is 32.1 Å². The maximum atomic E-state index is 12.0. The summed E-state index contributed by atoms with van der Waals surface area (Å²) in [6.07, 6.45) is 8.35. The van der Waals surface area contributed by atoms with Crippen LogP contribution in [-0.2, 0) is 0 Å². The lowest BCUT2D eigenvalue weighted by Gasteiger charge is -2.22. The molecule has 0 aliphatic carbocycles. The largest absolute Gasteiger partial charge is 0.297 e. The molecule has 2 N–H and O–H groups in total. The van der Waals surface area contributed by atoms with Gasteiger partial charge in [0.2, 0.25) is 0 Å². The molecule has 132 valence electrons. The highest BCUT2D eigenvalue weighted by Gasteiger charge is 2.21. The van der Waals surface area contributed by atoms with Crippen LogP contribution in [0.3, 0.4) is 0 Å². The van der Waals surface area contributed by atoms with Crippen LogP contribution >= 0.6 is 0 Å². The number of rotatable bonds is 8. The topological polar surface area (TPSA) is 66.4 Å². The molecular formula is C20H26N4O. The summed E-state index contributed by atoms with van der Waals surface area (Å²) >= 11 is 0. The van der Waals surface area contributed by atoms with Crippen LogP contribution in [-0.4, -0.2) is 16.6 Å². The van der Waals surface area contributed by atoms with Gasteiger partial charge in [-0.3, -0.25) is 15.6 Å². The van der Waals surface area contributed by atoms with Crippen molar-refractivity contribution < 1.29 is 4.79 Å². The minimum Gasteiger partial charge on any atom is -0.297 e. The van der Waals surface area contributed by atoms with E-state index in [1.54, 1.807) is 6.92 Å². The van der Waals surface area contributed by atoms with Gasteiger partial charge in [0, 0.05) is 18.7 Å². The molecule has 2 aromatic rings. The second-order valence-electron chi connectivity index (χ2n) is 6.58. The smallest absolute Gasteiger partial charge is 0.180 e. The molecule has 1 aliphatic rings. The number of aliphatic imine (C=N–C) groups is 1. The van der Waals surface area contributed by atoms with Crippen molar-refractivity contribution in [3.05, 3.63) is 30.0 Å². The third-order valence-electron chi connectivity index (χ3n) is 4.55. The van der Waals surface area contributed by atoms with Gasteiger partial charge >= 0.3 is 0 Å². The van der Waals surface area contributed by atoms with Gasteiger partial charge in [0.1, 0.15) is 17.2 Å². The number of benzene rings is 1. The van der Waals surface area contributed by atoms with Crippen LogP contribution in [0.15, 0.2) is 29.3 Å². The molecule has 3 rings (SSSR count). The zero-order chi connectivity index (χ0) is 17.6. The number of pyridine rings is 1. The SMILES string of the molecule is CCCCCCCCC1=Nc2c(C(C)=O)nc3ccccc3c2NN1. The molecule has 0 amide bonds. The van der Waals surface area contributed by atoms with Gasteiger partial charge in [-0.15, -0.1) is 0 Å². The highest BCUT2D eigenvalue weighted by Crippen LogP contribution is 2.37. The van der Waals surface area contributed by atoms with E-state index in [9.17, 15) is 4.79 Å². The molecule has 0 unspecified atom stereocenters. The zero-order valence-electron chi connectivity index (χ0n) is 15.1. The summed E-state index contributed by atoms with van der Waals surface area (Å²) in [5.41, 5.74) is 9.16. The second kappa shape index (κ2) is 8.10. The summed E-state index contributed by atoms with van der Waals surface area (Å²) in [6, 6.07) is 7.80. The Kier molecular flexibility index (Phi) is 5.64. The molecule has 0 fully saturated rings. The molecule has 0 atom stereocenters. The van der Waals surface area contributed by atoms with E-state index in [2.05, 4.69) is 22.8 Å². The fraction of sp³-hybridized carbons (Fsp3) is 0.450. The molecule has 2 heterocycles. The molecule has 25 heavy (non-hydrogen) atoms. The monoisotopic (exact) mass is 338 g/mol. The number of nitrogens with zero attached hydrogens (tertiary/aromatic N) is 2. The Morgan fingerprint density at radius 2 is 1.80 bits per heavy atom. The van der Waals surface area contributed by atoms with Gasteiger partial charge in [-0.2, -0.15) is 0 Å². The number of para-hydroxylation sites is 1. The fourth-order valence-electron chi connectivity index (χ4n) is 3.17. The summed E-state index contributed by atoms with van der Waals surface area (Å²) in [4.78, 5) is 21.3. The lowest BCUT2D eigenvalue weighted by molar-refractivity contribution is 0.101. The Bertz CT molecular complexity index is 798. The Morgan fingerprint density at radius 1 is 1.04 bits per heavy atom. The zero-order valence-corrected chi connectivity index (χ0v) is 15.1. The van der Waals surface area contributed by atoms with E-state index in [-0.39, 0.29) is 5.78 Å². The first-order valence-corrected chi connectivity index (χ1v) is 9.24. The van der Waals surface area contributed by atoms with E-state index in [1.807, 2.05) is 24.3 Å². The molecule has 0 saturated heterocycles. The molecule has 0 spiro atoms. The van der Waals surface area contributed by atoms with Gasteiger partial charge in [-0.1, -0.05) is 57.2 Å². The van der Waals surface area contributed by atoms with Crippen LogP contribution in [0, 0.1) is 0 Å². The summed E-state index contributed by atoms with van der Waals surface area (Å²) in [5.74, 6) is 0.816. The Morgan fingerprint density at radius 3 is 2.60 bits per heavy atom. The number of ketones is 1. The van der Waals surface area contributed by atoms with Crippen molar-refractivity contribution in [2.45, 2.75) is 58.8 Å². The Balaban J connectivity index is 1.80. The first-order valence-electron chi connectivity index (χ1n) is 9.24. The average molecular weight is 338 g/mol. The highest BCUT2D eigenvalue weighted by atomic mass is 16.1. The van der Waals surface area contributed by atoms with Gasteiger partial charge in [0.25, 0.3) is 0 Å². The minimum atomic E-state index is -0.0617. The van der Waals surface area contributed by atoms with Crippen molar-refractivity contribution in [1.29, 1.82) is 0 Å². The van der Waals surface area contributed by atoms with Crippen molar-refractivity contribution in [3.8, 4) is 0 Å². The Hall–Kier alpha value is -2.43. The van der Waals surface area contributed by atoms with Crippen LogP contribution < -0.4 is 10.9 Å². The number of amidine groups is 1. The lowest BCUT2D eigenvalue weighted by atomic mass is 10.1. The van der Waals surface area contributed by atoms with Crippen LogP contribution in [0.5, 0.6) is 0 Å². The van der Waals surface area contributed by atoms with Crippen LogP contribution in [0.2, 0.25) is 0 Å². The van der Waals surface area contributed by atoms with Crippen LogP contribution in [0.25, 0.3) is 10.9 Å². The molecule has 1 aliphatic heterocycles. The molecule has 5 heteroatoms. The average Bonchev–Trinajstić information content (AvgIpc) is 2.63. The molecule has 1 aromatic heterocycles. The highest BCUT2D eigenvalue weighted by molar-refractivity contribution is 6.10. The first kappa shape index (κ1) is 17.4. The number of hydrazine groups is 1. The van der Waals surface area contributed by atoms with Gasteiger partial charge < -0.3 is 0 Å². The first-order chi connectivity index (χ1) is 12.2. The van der Waals surface area contributed by atoms with Crippen molar-refractivity contribution in [1.82, 2.24) is 10.4 Å². The fourth-order valence-corrected chi connectivity index (χ4v) is 3.17. The molecule has 0 bridgehead atoms. The second-order valence-corrected chi connectivity index (χ2v) is 6.58. The maximum Gasteiger partial charge on any atom is 0.180 e. The number of nitrogens with one attached hydrogen (secondary N) is 2. The third-order valence-corrected chi connectivity index (χ3v) is 4.55. The number of carbonyl (C=O) groups is 1. The van der Waals surface area contributed by atoms with Gasteiger partial charge in [0.05, 0.1) is 11.2 Å². The van der Waals surface area contributed by atoms with Crippen molar-refractivity contribution in [2.24, 2.45) is 4.99 Å². The van der Waals surface area contributed by atoms with Gasteiger partial charge in [0.15, 0.2) is 5.78 Å². The summed E-state index contributed by atoms with van der Waals surface area (Å²) in [7, 11) is 0. The number of Topliss-reactive ketones (excluding diaryl/α,β-unsaturated/α-hetero) is 1. The standard InChI is InChI=1S/C20H26N4O/c1-3-4-5-6-7-8-13-17-22-20-18(14(2)25)21-16-12-10-9-11-15(16)19(20)24-23-17/h9-12,24H,3-8,13H2,1-2H3,(H,22,23). The number of hydrogen-bond acceptors (Lipinski definition) is 5. The number of unbranched alkanes of at least 4 members (excludes halogenated alkanes) is 5. The minimum absolute atomic E-state index is 0.0617. The van der Waals surface area contributed by atoms with E-state index >= 15 is 0 Å². The predicted molar refractivity (Wildman–Crippen MR) is 104 cm³/mol. The summed E-state index contributed by atoms with van der Waals surface area (Å²) in [5, 5.41) is 0.970. The summed E-state index contributed by atoms with van der Waals surface area (Å²) in [6.45, 7) is 3.77. The number of anilines is 1. The van der Waals surface area contributed by atoms with E-state index < -0.39 is 0 Å². The number of carbonyl (C=O) groups excluding carboxylic acids is 1. The lowest BCUT2D eigenvalue weighted by Crippen LogP contribution is -2.32. The molecule has 0 radical (unpaired) electrons. The van der Waals surface area contributed by atoms with Crippen LogP contribution in [0.1, 0.15) is 69.3 Å². The number of aromatic nitrogens is 1. The van der Waals surface area contributed by atoms with Gasteiger partial charge in [-0.05, 0) is 12.5 Å². The predicted octanol–water partition coefficient (Wildman–Crippen LogP) is 5.15. The molecule has 0 saturated carbocycles. The molecule has 5 nitrogen and oxygen atoms in total. The summed E-state index contributed by atoms with van der Waals surface area (Å²) < 4.78 is 0. The van der Waals surface area contributed by atoms with Crippen LogP contribution in [0.4, 0.5) is 11.4 Å². The van der Waals surface area contributed by atoms with Crippen molar-refractivity contribution in [3.63, 3.8) is 0 Å². The van der Waals surface area contributed by atoms with Crippen molar-refractivity contribution in [2.75, 3.05) is 5.43 Å². The van der Waals surface area contributed by atoms with E-state index in [0.717, 1.165) is 35.3 Å². The number of hydrogen-bond donors (Lipinski definition) is 2. The normalized spacial score (nSPS) is 13.0. The Labute approximate surface area is 148 Å². The molecule has 1 aromatic carbocycles. The quantitative estimate of drug-likeness (QED) is 0.516. The number of fused-ring (bicyclic) bond motifs is 3. The maximum absolute atomic E-state index is 12.0. The molecular weight excluding hydrogens is 312 g/mol. The third kappa shape index (κ3) is 3.98. The van der Waals surface area contributed by atoms with E-state index in [4.69, 9.17) is 4.99 Å². The van der Waals surface area contributed by atoms with Crippen molar-refractivity contribution >= 4 is 33.9 Å². The van der Waals surface area contributed by atoms with Gasteiger partial charge in [-0.25, -0.2) is 9.98 Å².